The molecule has 0 aliphatic rings. The Morgan fingerprint density at radius 1 is 0.660 bits per heavy atom. The van der Waals surface area contributed by atoms with Gasteiger partial charge in [-0.1, -0.05) is 138 Å². The fraction of sp³-hybridized carbons (Fsp3) is 0.333. The first-order valence-corrected chi connectivity index (χ1v) is 19.5. The van der Waals surface area contributed by atoms with Crippen molar-refractivity contribution in [3.05, 3.63) is 140 Å². The van der Waals surface area contributed by atoms with Gasteiger partial charge in [-0.15, -0.1) is 0 Å². The summed E-state index contributed by atoms with van der Waals surface area (Å²) in [6.45, 7) is 10.7. The zero-order chi connectivity index (χ0) is 36.0. The third kappa shape index (κ3) is 23.6. The average molecular weight is 805 g/mol. The van der Waals surface area contributed by atoms with E-state index in [1.165, 1.54) is 41.9 Å². The van der Waals surface area contributed by atoms with Crippen LogP contribution in [0.15, 0.2) is 106 Å². The normalized spacial score (nSPS) is 10.1. The van der Waals surface area contributed by atoms with E-state index in [0.717, 1.165) is 22.0 Å². The van der Waals surface area contributed by atoms with E-state index in [9.17, 15) is 18.2 Å². The highest BCUT2D eigenvalue weighted by molar-refractivity contribution is 9.10. The van der Waals surface area contributed by atoms with Crippen molar-refractivity contribution in [3.8, 4) is 0 Å². The van der Waals surface area contributed by atoms with Gasteiger partial charge in [-0.3, -0.25) is 0 Å². The van der Waals surface area contributed by atoms with Gasteiger partial charge in [0, 0.05) is 33.5 Å². The summed E-state index contributed by atoms with van der Waals surface area (Å²) in [5.74, 6) is -0.560. The molecule has 0 saturated heterocycles. The first kappa shape index (κ1) is 46.8. The summed E-state index contributed by atoms with van der Waals surface area (Å²) in [6, 6.07) is 33.1. The molecule has 259 valence electrons. The predicted octanol–water partition coefficient (Wildman–Crippen LogP) is 12.0. The fourth-order valence-electron chi connectivity index (χ4n) is 3.97. The number of hydrogen-bond acceptors (Lipinski definition) is 2. The molecular formula is C36H47BBr2F5O2Si. The Bertz CT molecular complexity index is 1240. The lowest BCUT2D eigenvalue weighted by atomic mass is 10.0. The van der Waals surface area contributed by atoms with E-state index in [4.69, 9.17) is 14.3 Å². The lowest BCUT2D eigenvalue weighted by Gasteiger charge is -2.11. The fourth-order valence-corrected chi connectivity index (χ4v) is 6.70. The molecule has 2 nitrogen and oxygen atoms in total. The van der Waals surface area contributed by atoms with Gasteiger partial charge < -0.3 is 14.5 Å². The minimum Gasteiger partial charge on any atom is -0.397 e. The van der Waals surface area contributed by atoms with Crippen molar-refractivity contribution < 1.29 is 32.5 Å². The maximum Gasteiger partial charge on any atom is 0.354 e. The van der Waals surface area contributed by atoms with Crippen LogP contribution in [0.2, 0.25) is 24.5 Å². The molecule has 0 amide bonds. The quantitative estimate of drug-likeness (QED) is 0.138. The van der Waals surface area contributed by atoms with Gasteiger partial charge in [0.15, 0.2) is 0 Å². The van der Waals surface area contributed by atoms with Crippen LogP contribution in [0.25, 0.3) is 0 Å². The Labute approximate surface area is 297 Å². The molecule has 1 radical (unpaired) electrons. The van der Waals surface area contributed by atoms with Gasteiger partial charge in [-0.05, 0) is 78.3 Å². The summed E-state index contributed by atoms with van der Waals surface area (Å²) >= 11 is 6.49. The Balaban J connectivity index is 0. The van der Waals surface area contributed by atoms with Gasteiger partial charge in [0.05, 0.1) is 0 Å². The Kier molecular flexibility index (Phi) is 30.9. The van der Waals surface area contributed by atoms with E-state index in [0.29, 0.717) is 23.9 Å². The molecule has 0 aromatic heterocycles. The SMILES string of the molecule is CCO.CC[B]F.CC[SiH](CC)CC.FF.Fc1cc(Br)cc(Cc2ccccc2)c1.OC(c1ccccc1)c1cc(F)cc(Br)c1. The second-order valence-corrected chi connectivity index (χ2v) is 15.9. The lowest BCUT2D eigenvalue weighted by molar-refractivity contribution is 0.108. The van der Waals surface area contributed by atoms with E-state index >= 15 is 0 Å². The highest BCUT2D eigenvalue weighted by atomic mass is 79.9. The summed E-state index contributed by atoms with van der Waals surface area (Å²) in [4.78, 5) is 0. The molecule has 0 aliphatic heterocycles. The van der Waals surface area contributed by atoms with Gasteiger partial charge in [-0.25, -0.2) is 8.78 Å². The van der Waals surface area contributed by atoms with Crippen LogP contribution in [0.4, 0.5) is 22.2 Å². The molecular weight excluding hydrogens is 758 g/mol. The number of aliphatic hydroxyl groups is 2. The van der Waals surface area contributed by atoms with Crippen molar-refractivity contribution in [2.45, 2.75) is 71.6 Å². The van der Waals surface area contributed by atoms with Crippen molar-refractivity contribution in [2.24, 2.45) is 0 Å². The number of aliphatic hydroxyl groups excluding tert-OH is 2. The van der Waals surface area contributed by atoms with Gasteiger partial charge in [-0.2, -0.15) is 0 Å². The Hall–Kier alpha value is -2.31. The number of rotatable bonds is 8. The molecule has 0 saturated carbocycles. The van der Waals surface area contributed by atoms with Crippen LogP contribution in [-0.2, 0) is 6.42 Å². The van der Waals surface area contributed by atoms with Crippen LogP contribution in [0.1, 0.15) is 63.0 Å². The van der Waals surface area contributed by atoms with Gasteiger partial charge in [0.25, 0.3) is 0 Å². The summed E-state index contributed by atoms with van der Waals surface area (Å²) < 4.78 is 54.3. The zero-order valence-electron chi connectivity index (χ0n) is 27.8. The smallest absolute Gasteiger partial charge is 0.354 e. The minimum atomic E-state index is -0.798. The highest BCUT2D eigenvalue weighted by Gasteiger charge is 2.11. The Morgan fingerprint density at radius 2 is 1.09 bits per heavy atom. The first-order chi connectivity index (χ1) is 22.6. The summed E-state index contributed by atoms with van der Waals surface area (Å²) in [6.07, 6.45) is 0.491. The van der Waals surface area contributed by atoms with E-state index in [2.05, 4.69) is 52.6 Å². The maximum atomic E-state index is 13.2. The third-order valence-corrected chi connectivity index (χ3v) is 10.8. The van der Waals surface area contributed by atoms with Crippen LogP contribution in [0.3, 0.4) is 0 Å². The standard InChI is InChI=1S/C13H10BrFO.C13H10BrF.C6H16Si.C2H5BF.C2H6O.F2/c14-11-6-10(7-12(15)8-11)13(16)9-4-2-1-3-5-9;14-12-7-11(8-13(15)9-12)6-10-4-2-1-3-5-10;1-4-7(5-2)6-3;1-2-3-4;1-2-3;1-2/h1-8,13,16H;1-5,7-9H,6H2;7H,4-6H2,1-3H3;2H2,1H3;3H,2H2,1H3;. The van der Waals surface area contributed by atoms with Crippen LogP contribution < -0.4 is 0 Å². The first-order valence-electron chi connectivity index (χ1n) is 15.4. The molecule has 0 heterocycles. The maximum absolute atomic E-state index is 13.2. The number of halogens is 7. The van der Waals surface area contributed by atoms with E-state index < -0.39 is 6.10 Å². The molecule has 0 fully saturated rings. The topological polar surface area (TPSA) is 40.5 Å². The van der Waals surface area contributed by atoms with Crippen molar-refractivity contribution >= 4 is 48.2 Å². The van der Waals surface area contributed by atoms with E-state index in [1.807, 2.05) is 66.7 Å². The van der Waals surface area contributed by atoms with Crippen LogP contribution in [0, 0.1) is 11.6 Å². The summed E-state index contributed by atoms with van der Waals surface area (Å²) in [7, 11) is 0.454. The second-order valence-electron chi connectivity index (χ2n) is 9.93. The molecule has 1 unspecified atom stereocenters. The van der Waals surface area contributed by atoms with Crippen molar-refractivity contribution in [1.29, 1.82) is 0 Å². The van der Waals surface area contributed by atoms with Crippen molar-refractivity contribution in [2.75, 3.05) is 6.61 Å². The molecule has 47 heavy (non-hydrogen) atoms. The number of benzene rings is 4. The van der Waals surface area contributed by atoms with Gasteiger partial charge in [0.1, 0.15) is 17.7 Å². The molecule has 4 rings (SSSR count). The molecule has 0 aliphatic carbocycles. The zero-order valence-corrected chi connectivity index (χ0v) is 32.1. The largest absolute Gasteiger partial charge is 0.397 e. The molecule has 0 spiro atoms. The average Bonchev–Trinajstić information content (AvgIpc) is 3.07. The predicted molar refractivity (Wildman–Crippen MR) is 199 cm³/mol. The molecule has 2 N–H and O–H groups in total. The lowest BCUT2D eigenvalue weighted by Crippen LogP contribution is -2.04. The molecule has 0 bridgehead atoms. The van der Waals surface area contributed by atoms with Crippen molar-refractivity contribution in [1.82, 2.24) is 0 Å². The third-order valence-electron chi connectivity index (χ3n) is 6.38. The molecule has 1 atom stereocenters. The van der Waals surface area contributed by atoms with E-state index in [1.54, 1.807) is 26.0 Å². The number of hydrogen-bond donors (Lipinski definition) is 2. The molecule has 11 heteroatoms. The molecule has 4 aromatic rings. The molecule has 4 aromatic carbocycles. The van der Waals surface area contributed by atoms with Crippen LogP contribution in [0.5, 0.6) is 0 Å². The highest BCUT2D eigenvalue weighted by Crippen LogP contribution is 2.25. The summed E-state index contributed by atoms with van der Waals surface area (Å²) in [5, 5.41) is 17.6. The van der Waals surface area contributed by atoms with Gasteiger partial charge in [0.2, 0.25) is 0 Å². The van der Waals surface area contributed by atoms with Crippen LogP contribution in [-0.4, -0.2) is 33.2 Å². The summed E-state index contributed by atoms with van der Waals surface area (Å²) in [5.41, 5.74) is 3.46. The van der Waals surface area contributed by atoms with Gasteiger partial charge >= 0.3 is 7.56 Å². The Morgan fingerprint density at radius 3 is 1.47 bits per heavy atom. The van der Waals surface area contributed by atoms with Crippen molar-refractivity contribution in [3.63, 3.8) is 0 Å². The second kappa shape index (κ2) is 31.0. The van der Waals surface area contributed by atoms with E-state index in [-0.39, 0.29) is 27.0 Å². The minimum absolute atomic E-state index is 0.171. The van der Waals surface area contributed by atoms with Crippen LogP contribution >= 0.6 is 31.9 Å². The monoisotopic (exact) mass is 803 g/mol.